The molecule has 216 valence electrons. The van der Waals surface area contributed by atoms with Crippen LogP contribution in [0.2, 0.25) is 0 Å². The van der Waals surface area contributed by atoms with Crippen LogP contribution in [0.25, 0.3) is 11.1 Å². The van der Waals surface area contributed by atoms with E-state index in [9.17, 15) is 19.2 Å². The summed E-state index contributed by atoms with van der Waals surface area (Å²) in [6.07, 6.45) is 2.46. The number of benzene rings is 2. The van der Waals surface area contributed by atoms with Gasteiger partial charge >= 0.3 is 0 Å². The summed E-state index contributed by atoms with van der Waals surface area (Å²) in [7, 11) is 0. The van der Waals surface area contributed by atoms with Crippen LogP contribution in [0.5, 0.6) is 0 Å². The monoisotopic (exact) mass is 550 g/mol. The molecule has 4 bridgehead atoms. The molecule has 0 spiro atoms. The predicted octanol–water partition coefficient (Wildman–Crippen LogP) is 0.894. The molecule has 40 heavy (non-hydrogen) atoms. The second-order valence-corrected chi connectivity index (χ2v) is 10.9. The molecule has 0 radical (unpaired) electrons. The maximum absolute atomic E-state index is 13.4. The fourth-order valence-electron chi connectivity index (χ4n) is 4.76. The van der Waals surface area contributed by atoms with Crippen molar-refractivity contribution in [3.8, 4) is 11.1 Å². The van der Waals surface area contributed by atoms with Crippen molar-refractivity contribution in [3.63, 3.8) is 0 Å². The van der Waals surface area contributed by atoms with Crippen molar-refractivity contribution in [1.82, 2.24) is 16.0 Å². The van der Waals surface area contributed by atoms with Gasteiger partial charge in [-0.1, -0.05) is 62.4 Å². The summed E-state index contributed by atoms with van der Waals surface area (Å²) >= 11 is 0. The Morgan fingerprint density at radius 2 is 1.32 bits per heavy atom. The Hall–Kier alpha value is -3.76. The molecule has 4 amide bonds. The minimum atomic E-state index is -0.965. The van der Waals surface area contributed by atoms with E-state index in [-0.39, 0.29) is 12.3 Å². The molecule has 0 aromatic heterocycles. The zero-order chi connectivity index (χ0) is 29.2. The van der Waals surface area contributed by atoms with E-state index in [0.717, 1.165) is 22.3 Å². The van der Waals surface area contributed by atoms with E-state index in [1.165, 1.54) is 0 Å². The zero-order valence-corrected chi connectivity index (χ0v) is 23.3. The molecule has 5 rings (SSSR count). The average molecular weight is 551 g/mol. The van der Waals surface area contributed by atoms with Crippen LogP contribution in [0.1, 0.15) is 50.7 Å². The van der Waals surface area contributed by atoms with Crippen LogP contribution < -0.4 is 33.2 Å². The number of primary amides is 1. The van der Waals surface area contributed by atoms with Gasteiger partial charge in [0.1, 0.15) is 18.1 Å². The third-order valence-corrected chi connectivity index (χ3v) is 7.05. The summed E-state index contributed by atoms with van der Waals surface area (Å²) in [5.74, 6) is -2.08. The molecule has 0 saturated carbocycles. The molecular weight excluding hydrogens is 508 g/mol. The zero-order valence-electron chi connectivity index (χ0n) is 23.3. The number of hydrogen-bond donors (Lipinski definition) is 6. The predicted molar refractivity (Wildman–Crippen MR) is 155 cm³/mol. The lowest BCUT2D eigenvalue weighted by Gasteiger charge is -2.26. The van der Waals surface area contributed by atoms with Crippen LogP contribution in [-0.4, -0.2) is 54.3 Å². The van der Waals surface area contributed by atoms with Gasteiger partial charge in [-0.15, -0.1) is 0 Å². The first kappa shape index (κ1) is 30.8. The number of nitrogens with one attached hydrogen (secondary N) is 3. The number of unbranched alkanes of at least 4 members (excludes halogenated alkanes) is 1. The van der Waals surface area contributed by atoms with Gasteiger partial charge in [0.2, 0.25) is 23.6 Å². The molecule has 10 nitrogen and oxygen atoms in total. The lowest BCUT2D eigenvalue weighted by atomic mass is 9.97. The maximum Gasteiger partial charge on any atom is 0.243 e. The SMILES string of the molecule is CC(C)C[C@@H]1NC(=O)[C@H](CCCCN)NC(=O)[C@@H](N)Cc2ccc(cc2)-c2ccc(cc2)C[C@@H](C(N)=O)NC1=O. The van der Waals surface area contributed by atoms with Gasteiger partial charge in [0.05, 0.1) is 6.04 Å². The molecule has 3 aliphatic heterocycles. The normalized spacial score (nSPS) is 22.5. The van der Waals surface area contributed by atoms with E-state index < -0.39 is 47.8 Å². The highest BCUT2D eigenvalue weighted by atomic mass is 16.2. The first-order valence-corrected chi connectivity index (χ1v) is 13.9. The Morgan fingerprint density at radius 1 is 0.800 bits per heavy atom. The number of rotatable bonds is 7. The Kier molecular flexibility index (Phi) is 11.2. The van der Waals surface area contributed by atoms with Gasteiger partial charge in [-0.3, -0.25) is 19.2 Å². The Balaban J connectivity index is 1.96. The minimum absolute atomic E-state index is 0.0610. The molecule has 3 aliphatic rings. The summed E-state index contributed by atoms with van der Waals surface area (Å²) in [5, 5.41) is 8.30. The average Bonchev–Trinajstić information content (AvgIpc) is 2.91. The van der Waals surface area contributed by atoms with Crippen LogP contribution >= 0.6 is 0 Å². The van der Waals surface area contributed by atoms with Crippen molar-refractivity contribution in [3.05, 3.63) is 59.7 Å². The lowest BCUT2D eigenvalue weighted by molar-refractivity contribution is -0.134. The number of carbonyl (C=O) groups excluding carboxylic acids is 4. The van der Waals surface area contributed by atoms with E-state index in [2.05, 4.69) is 16.0 Å². The van der Waals surface area contributed by atoms with Crippen LogP contribution in [0.4, 0.5) is 0 Å². The second-order valence-electron chi connectivity index (χ2n) is 10.9. The lowest BCUT2D eigenvalue weighted by Crippen LogP contribution is -2.58. The summed E-state index contributed by atoms with van der Waals surface area (Å²) in [6, 6.07) is 11.8. The van der Waals surface area contributed by atoms with Gasteiger partial charge in [0.15, 0.2) is 0 Å². The number of carbonyl (C=O) groups is 4. The Bertz CT molecular complexity index is 1170. The van der Waals surface area contributed by atoms with Crippen molar-refractivity contribution in [1.29, 1.82) is 0 Å². The smallest absolute Gasteiger partial charge is 0.243 e. The first-order valence-electron chi connectivity index (χ1n) is 13.9. The van der Waals surface area contributed by atoms with Crippen molar-refractivity contribution in [2.75, 3.05) is 6.54 Å². The second kappa shape index (κ2) is 14.6. The molecule has 0 unspecified atom stereocenters. The van der Waals surface area contributed by atoms with Crippen LogP contribution in [0.15, 0.2) is 48.5 Å². The van der Waals surface area contributed by atoms with Gasteiger partial charge < -0.3 is 33.2 Å². The highest BCUT2D eigenvalue weighted by Crippen LogP contribution is 2.21. The number of nitrogens with two attached hydrogens (primary N) is 3. The van der Waals surface area contributed by atoms with Crippen molar-refractivity contribution in [2.24, 2.45) is 23.1 Å². The minimum Gasteiger partial charge on any atom is -0.368 e. The highest BCUT2D eigenvalue weighted by molar-refractivity contribution is 5.94. The molecule has 2 aromatic rings. The van der Waals surface area contributed by atoms with Crippen molar-refractivity contribution < 1.29 is 19.2 Å². The molecule has 0 saturated heterocycles. The number of amides is 4. The maximum atomic E-state index is 13.4. The van der Waals surface area contributed by atoms with E-state index in [4.69, 9.17) is 17.2 Å². The fraction of sp³-hybridized carbons (Fsp3) is 0.467. The quantitative estimate of drug-likeness (QED) is 0.278. The third kappa shape index (κ3) is 8.89. The molecular formula is C30H42N6O4. The van der Waals surface area contributed by atoms with Gasteiger partial charge in [-0.25, -0.2) is 0 Å². The molecule has 4 atom stereocenters. The van der Waals surface area contributed by atoms with E-state index in [0.29, 0.717) is 38.6 Å². The van der Waals surface area contributed by atoms with Crippen molar-refractivity contribution in [2.45, 2.75) is 76.5 Å². The van der Waals surface area contributed by atoms with E-state index in [1.807, 2.05) is 62.4 Å². The molecule has 9 N–H and O–H groups in total. The number of fused-ring (bicyclic) bond motifs is 2. The standard InChI is InChI=1S/C30H42N6O4/c1-18(2)15-26-30(40)35-25(27(33)37)17-20-8-12-22(13-9-20)21-10-6-19(7-11-21)16-23(32)28(38)34-24(29(39)36-26)5-3-4-14-31/h6-13,18,23-26H,3-5,14-17,31-32H2,1-2H3,(H2,33,37)(H,34,38)(H,35,40)(H,36,39)/t23-,24-,25-,26-/m0/s1. The van der Waals surface area contributed by atoms with E-state index >= 15 is 0 Å². The fourth-order valence-corrected chi connectivity index (χ4v) is 4.76. The van der Waals surface area contributed by atoms with Gasteiger partial charge in [0, 0.05) is 6.42 Å². The summed E-state index contributed by atoms with van der Waals surface area (Å²) in [5.41, 5.74) is 21.2. The molecule has 2 aromatic carbocycles. The van der Waals surface area contributed by atoms with Gasteiger partial charge in [-0.05, 0) is 66.8 Å². The van der Waals surface area contributed by atoms with Crippen LogP contribution in [0.3, 0.4) is 0 Å². The summed E-state index contributed by atoms with van der Waals surface area (Å²) in [6.45, 7) is 4.30. The summed E-state index contributed by atoms with van der Waals surface area (Å²) in [4.78, 5) is 52.1. The first-order chi connectivity index (χ1) is 19.1. The molecule has 3 heterocycles. The summed E-state index contributed by atoms with van der Waals surface area (Å²) < 4.78 is 0. The van der Waals surface area contributed by atoms with Crippen LogP contribution in [-0.2, 0) is 32.0 Å². The Morgan fingerprint density at radius 3 is 1.85 bits per heavy atom. The third-order valence-electron chi connectivity index (χ3n) is 7.05. The van der Waals surface area contributed by atoms with Gasteiger partial charge in [0.25, 0.3) is 0 Å². The highest BCUT2D eigenvalue weighted by Gasteiger charge is 2.30. The van der Waals surface area contributed by atoms with Crippen LogP contribution in [0, 0.1) is 5.92 Å². The van der Waals surface area contributed by atoms with Crippen molar-refractivity contribution >= 4 is 23.6 Å². The molecule has 0 fully saturated rings. The largest absolute Gasteiger partial charge is 0.368 e. The topological polar surface area (TPSA) is 182 Å². The van der Waals surface area contributed by atoms with E-state index in [1.54, 1.807) is 0 Å². The Labute approximate surface area is 235 Å². The van der Waals surface area contributed by atoms with Gasteiger partial charge in [-0.2, -0.15) is 0 Å². The molecule has 0 aliphatic carbocycles. The number of hydrogen-bond acceptors (Lipinski definition) is 6. The molecule has 10 heteroatoms.